The highest BCUT2D eigenvalue weighted by atomic mass is 33.1. The predicted molar refractivity (Wildman–Crippen MR) is 274 cm³/mol. The molecule has 0 spiro atoms. The van der Waals surface area contributed by atoms with Gasteiger partial charge in [0.05, 0.1) is 18.2 Å². The minimum absolute atomic E-state index is 0.0207. The maximum atomic E-state index is 14.7. The Morgan fingerprint density at radius 1 is 0.726 bits per heavy atom. The van der Waals surface area contributed by atoms with E-state index < -0.39 is 108 Å². The minimum Gasteiger partial charge on any atom is -0.508 e. The van der Waals surface area contributed by atoms with Crippen LogP contribution in [-0.2, 0) is 57.6 Å². The SMILES string of the molecule is C[C@@H](O)C1NC(=O)C(CCCCN)NC(=O)[C@@H](Cc2c[nH]c3ccccc23)NC(=O)[C@H](Cc2ccc(O)cc2)NC(=O)C(NC(=O)[C@H](N)Cc2ccccc2)CSSC[C@@H](C(=O)N[C@H](C(=O)O)[C@@H](C)O)NC1=O. The number of H-pyrrole nitrogens is 1. The molecule has 24 heteroatoms. The van der Waals surface area contributed by atoms with E-state index in [2.05, 4.69) is 42.2 Å². The van der Waals surface area contributed by atoms with Crippen LogP contribution in [0.3, 0.4) is 0 Å². The summed E-state index contributed by atoms with van der Waals surface area (Å²) in [6.07, 6.45) is -1.03. The van der Waals surface area contributed by atoms with E-state index in [0.29, 0.717) is 24.0 Å². The fourth-order valence-electron chi connectivity index (χ4n) is 7.79. The molecule has 0 bridgehead atoms. The topological polar surface area (TPSA) is 370 Å². The van der Waals surface area contributed by atoms with Crippen LogP contribution in [0, 0.1) is 0 Å². The highest BCUT2D eigenvalue weighted by molar-refractivity contribution is 8.76. The van der Waals surface area contributed by atoms with Gasteiger partial charge in [-0.1, -0.05) is 82.3 Å². The van der Waals surface area contributed by atoms with Crippen LogP contribution < -0.4 is 48.7 Å². The molecular formula is C49H64N10O12S2. The Balaban J connectivity index is 1.58. The van der Waals surface area contributed by atoms with Gasteiger partial charge in [-0.05, 0) is 81.0 Å². The number of carbonyl (C=O) groups is 8. The Bertz CT molecular complexity index is 2530. The minimum atomic E-state index is -1.82. The summed E-state index contributed by atoms with van der Waals surface area (Å²) in [6.45, 7) is 2.56. The molecular weight excluding hydrogens is 985 g/mol. The number of carbonyl (C=O) groups excluding carboxylic acids is 7. The molecule has 5 rings (SSSR count). The zero-order chi connectivity index (χ0) is 53.2. The standard InChI is InChI=1S/C49H64N10O12S2/c1-26(60)40-48(69)57-39(47(68)59-41(27(2)61)49(70)71)25-73-72-24-38(56-42(63)33(51)20-28-10-4-3-5-11-28)46(67)54-36(21-29-15-17-31(62)18-16-29)44(65)55-37(22-30-23-52-34-13-7-6-12-32(30)34)45(66)53-35(43(64)58-40)14-8-9-19-50/h3-7,10-13,15-18,23,26-27,33,35-41,52,60-62H,8-9,14,19-22,24-25,50-51H2,1-2H3,(H,53,66)(H,54,67)(H,55,65)(H,56,63)(H,57,69)(H,58,64)(H,59,68)(H,70,71)/t26-,27-,33-,35?,36+,37-,38?,39+,40?,41+/m1/s1. The lowest BCUT2D eigenvalue weighted by Gasteiger charge is -2.29. The monoisotopic (exact) mass is 1050 g/mol. The molecule has 1 aliphatic heterocycles. The van der Waals surface area contributed by atoms with Gasteiger partial charge in [0.1, 0.15) is 42.0 Å². The molecule has 7 amide bonds. The zero-order valence-electron chi connectivity index (χ0n) is 40.2. The van der Waals surface area contributed by atoms with Crippen LogP contribution in [0.15, 0.2) is 85.1 Å². The number of carboxylic acids is 1. The van der Waals surface area contributed by atoms with Crippen LogP contribution in [0.2, 0.25) is 0 Å². The molecule has 0 aliphatic carbocycles. The summed E-state index contributed by atoms with van der Waals surface area (Å²) >= 11 is 0. The summed E-state index contributed by atoms with van der Waals surface area (Å²) in [5.74, 6) is -8.59. The normalized spacial score (nSPS) is 22.5. The number of aromatic hydroxyl groups is 1. The Kier molecular flexibility index (Phi) is 21.9. The molecule has 10 atom stereocenters. The van der Waals surface area contributed by atoms with Gasteiger partial charge in [0.2, 0.25) is 41.4 Å². The molecule has 0 saturated carbocycles. The number of rotatable bonds is 17. The third-order valence-corrected chi connectivity index (χ3v) is 14.3. The Morgan fingerprint density at radius 3 is 2.00 bits per heavy atom. The van der Waals surface area contributed by atoms with Crippen LogP contribution in [0.1, 0.15) is 49.8 Å². The van der Waals surface area contributed by atoms with E-state index in [1.165, 1.54) is 31.2 Å². The van der Waals surface area contributed by atoms with Gasteiger partial charge in [0.15, 0.2) is 6.04 Å². The summed E-state index contributed by atoms with van der Waals surface area (Å²) in [5, 5.41) is 59.6. The number of benzene rings is 3. The van der Waals surface area contributed by atoms with E-state index in [4.69, 9.17) is 11.5 Å². The van der Waals surface area contributed by atoms with Gasteiger partial charge in [-0.15, -0.1) is 0 Å². The first-order chi connectivity index (χ1) is 34.8. The number of amides is 7. The second-order valence-corrected chi connectivity index (χ2v) is 20.2. The lowest BCUT2D eigenvalue weighted by Crippen LogP contribution is -2.62. The number of phenols is 1. The number of phenolic OH excluding ortho intramolecular Hbond substituents is 1. The average molecular weight is 1050 g/mol. The molecule has 1 saturated heterocycles. The number of nitrogens with one attached hydrogen (secondary N) is 8. The number of fused-ring (bicyclic) bond motifs is 1. The van der Waals surface area contributed by atoms with Crippen LogP contribution >= 0.6 is 21.6 Å². The molecule has 1 aromatic heterocycles. The summed E-state index contributed by atoms with van der Waals surface area (Å²) < 4.78 is 0. The molecule has 22 nitrogen and oxygen atoms in total. The highest BCUT2D eigenvalue weighted by Crippen LogP contribution is 2.25. The summed E-state index contributed by atoms with van der Waals surface area (Å²) in [7, 11) is 1.86. The number of aliphatic carboxylic acids is 1. The first-order valence-corrected chi connectivity index (χ1v) is 26.1. The highest BCUT2D eigenvalue weighted by Gasteiger charge is 2.37. The predicted octanol–water partition coefficient (Wildman–Crippen LogP) is -1.01. The van der Waals surface area contributed by atoms with Crippen molar-refractivity contribution in [2.75, 3.05) is 18.1 Å². The number of hydrogen-bond donors (Lipinski definition) is 14. The molecule has 1 fully saturated rings. The van der Waals surface area contributed by atoms with E-state index in [0.717, 1.165) is 45.0 Å². The number of aliphatic hydroxyl groups is 2. The van der Waals surface area contributed by atoms with Crippen LogP contribution in [-0.4, -0.2) is 151 Å². The van der Waals surface area contributed by atoms with Crippen molar-refractivity contribution in [3.63, 3.8) is 0 Å². The van der Waals surface area contributed by atoms with E-state index in [1.807, 2.05) is 18.2 Å². The molecule has 3 unspecified atom stereocenters. The number of aliphatic hydroxyl groups excluding tert-OH is 2. The largest absolute Gasteiger partial charge is 0.508 e. The van der Waals surface area contributed by atoms with Gasteiger partial charge in [-0.3, -0.25) is 33.6 Å². The van der Waals surface area contributed by atoms with Crippen molar-refractivity contribution < 1.29 is 58.8 Å². The molecule has 394 valence electrons. The number of para-hydroxylation sites is 1. The van der Waals surface area contributed by atoms with E-state index in [-0.39, 0.29) is 49.5 Å². The second kappa shape index (κ2) is 27.9. The fourth-order valence-corrected chi connectivity index (χ4v) is 10.1. The van der Waals surface area contributed by atoms with Gasteiger partial charge < -0.3 is 74.1 Å². The fraction of sp³-hybridized carbons (Fsp3) is 0.429. The first kappa shape index (κ1) is 57.2. The summed E-state index contributed by atoms with van der Waals surface area (Å²) in [4.78, 5) is 115. The molecule has 16 N–H and O–H groups in total. The molecule has 2 heterocycles. The third-order valence-electron chi connectivity index (χ3n) is 11.9. The number of carboxylic acid groups (broad SMARTS) is 1. The zero-order valence-corrected chi connectivity index (χ0v) is 41.9. The number of aromatic nitrogens is 1. The van der Waals surface area contributed by atoms with Gasteiger partial charge in [-0.25, -0.2) is 4.79 Å². The van der Waals surface area contributed by atoms with E-state index in [9.17, 15) is 58.8 Å². The maximum absolute atomic E-state index is 14.7. The smallest absolute Gasteiger partial charge is 0.328 e. The summed E-state index contributed by atoms with van der Waals surface area (Å²) in [5.41, 5.74) is 14.7. The Labute approximate surface area is 429 Å². The second-order valence-electron chi connectivity index (χ2n) is 17.7. The Hall–Kier alpha value is -6.70. The molecule has 0 radical (unpaired) electrons. The molecule has 3 aromatic carbocycles. The molecule has 1 aliphatic rings. The van der Waals surface area contributed by atoms with Crippen molar-refractivity contribution in [3.05, 3.63) is 102 Å². The van der Waals surface area contributed by atoms with Crippen molar-refractivity contribution in [2.24, 2.45) is 11.5 Å². The summed E-state index contributed by atoms with van der Waals surface area (Å²) in [6, 6.07) is 9.98. The quantitative estimate of drug-likeness (QED) is 0.0445. The van der Waals surface area contributed by atoms with Gasteiger partial charge >= 0.3 is 5.97 Å². The molecule has 4 aromatic rings. The van der Waals surface area contributed by atoms with Crippen LogP contribution in [0.25, 0.3) is 10.9 Å². The van der Waals surface area contributed by atoms with E-state index in [1.54, 1.807) is 42.6 Å². The first-order valence-electron chi connectivity index (χ1n) is 23.6. The number of hydrogen-bond acceptors (Lipinski definition) is 15. The molecule has 73 heavy (non-hydrogen) atoms. The average Bonchev–Trinajstić information content (AvgIpc) is 3.76. The number of unbranched alkanes of at least 4 members (excludes halogenated alkanes) is 1. The van der Waals surface area contributed by atoms with Crippen molar-refractivity contribution in [3.8, 4) is 5.75 Å². The van der Waals surface area contributed by atoms with Gasteiger partial charge in [-0.2, -0.15) is 0 Å². The van der Waals surface area contributed by atoms with Crippen molar-refractivity contribution in [2.45, 2.75) is 113 Å². The number of aromatic amines is 1. The number of nitrogens with two attached hydrogens (primary N) is 2. The van der Waals surface area contributed by atoms with Crippen molar-refractivity contribution in [1.29, 1.82) is 0 Å². The maximum Gasteiger partial charge on any atom is 0.328 e. The Morgan fingerprint density at radius 2 is 1.34 bits per heavy atom. The van der Waals surface area contributed by atoms with Crippen molar-refractivity contribution in [1.82, 2.24) is 42.2 Å². The lowest BCUT2D eigenvalue weighted by atomic mass is 10.0. The van der Waals surface area contributed by atoms with Crippen LogP contribution in [0.4, 0.5) is 0 Å². The van der Waals surface area contributed by atoms with Crippen LogP contribution in [0.5, 0.6) is 5.75 Å². The lowest BCUT2D eigenvalue weighted by molar-refractivity contribution is -0.145. The third kappa shape index (κ3) is 17.2. The van der Waals surface area contributed by atoms with E-state index >= 15 is 0 Å². The van der Waals surface area contributed by atoms with Crippen molar-refractivity contribution >= 4 is 79.8 Å². The van der Waals surface area contributed by atoms with Gasteiger partial charge in [0, 0.05) is 41.4 Å². The van der Waals surface area contributed by atoms with Gasteiger partial charge in [0.25, 0.3) is 0 Å².